The number of hydrogen-bond acceptors (Lipinski definition) is 9. The van der Waals surface area contributed by atoms with E-state index in [4.69, 9.17) is 14.2 Å². The van der Waals surface area contributed by atoms with Crippen LogP contribution >= 0.6 is 0 Å². The standard InChI is InChI=1S/C26H40O9/c1-7-33-11-15-14-8-16(29)20-25(6)17(30)9-18(34-12(2)27)24(4,5)21(25)19(35-13(3)28)23(32)26(20,10-14)22(15)31/h14-21,23,29-30,32H,7-11H2,1-6H3/t14-,15-,16+,17+,18+,19-,20+,21-,23+,25+,26+/m1/s1. The van der Waals surface area contributed by atoms with Crippen molar-refractivity contribution in [3.8, 4) is 0 Å². The van der Waals surface area contributed by atoms with Gasteiger partial charge in [-0.25, -0.2) is 0 Å². The van der Waals surface area contributed by atoms with Crippen molar-refractivity contribution in [2.75, 3.05) is 13.2 Å². The van der Waals surface area contributed by atoms with Crippen molar-refractivity contribution in [2.24, 2.45) is 39.9 Å². The smallest absolute Gasteiger partial charge is 0.303 e. The summed E-state index contributed by atoms with van der Waals surface area (Å²) in [6.07, 6.45) is -4.40. The average Bonchev–Trinajstić information content (AvgIpc) is 2.95. The second kappa shape index (κ2) is 8.78. The number of rotatable bonds is 5. The lowest BCUT2D eigenvalue weighted by atomic mass is 9.38. The van der Waals surface area contributed by atoms with Gasteiger partial charge in [0.15, 0.2) is 0 Å². The second-order valence-corrected chi connectivity index (χ2v) is 11.9. The van der Waals surface area contributed by atoms with Crippen molar-refractivity contribution in [1.82, 2.24) is 0 Å². The van der Waals surface area contributed by atoms with Gasteiger partial charge in [-0.1, -0.05) is 20.8 Å². The molecule has 4 saturated carbocycles. The van der Waals surface area contributed by atoms with Crippen LogP contribution in [0.25, 0.3) is 0 Å². The molecule has 0 amide bonds. The highest BCUT2D eigenvalue weighted by atomic mass is 16.6. The van der Waals surface area contributed by atoms with Gasteiger partial charge in [0, 0.05) is 55.5 Å². The SMILES string of the molecule is CCOC[C@H]1C(=O)[C@]23C[C@H]1C[C@H](O)[C@H]2[C@@]1(C)[C@H]([C@@H](OC(C)=O)[C@@H]3O)C(C)(C)[C@@H](OC(C)=O)C[C@@H]1O. The lowest BCUT2D eigenvalue weighted by Gasteiger charge is -2.69. The molecule has 9 heteroatoms. The second-order valence-electron chi connectivity index (χ2n) is 11.9. The van der Waals surface area contributed by atoms with Gasteiger partial charge >= 0.3 is 11.9 Å². The minimum absolute atomic E-state index is 0.113. The predicted octanol–water partition coefficient (Wildman–Crippen LogP) is 1.25. The number of fused-ring (bicyclic) bond motifs is 3. The van der Waals surface area contributed by atoms with Crippen molar-refractivity contribution in [1.29, 1.82) is 0 Å². The van der Waals surface area contributed by atoms with E-state index in [2.05, 4.69) is 0 Å². The summed E-state index contributed by atoms with van der Waals surface area (Å²) in [6, 6.07) is 0. The maximum Gasteiger partial charge on any atom is 0.303 e. The monoisotopic (exact) mass is 496 g/mol. The molecule has 0 aliphatic heterocycles. The maximum absolute atomic E-state index is 14.1. The summed E-state index contributed by atoms with van der Waals surface area (Å²) in [4.78, 5) is 38.2. The van der Waals surface area contributed by atoms with Crippen LogP contribution in [0.1, 0.15) is 60.8 Å². The number of aliphatic hydroxyl groups is 3. The van der Waals surface area contributed by atoms with E-state index in [0.29, 0.717) is 19.4 Å². The highest BCUT2D eigenvalue weighted by Gasteiger charge is 2.79. The molecule has 4 fully saturated rings. The van der Waals surface area contributed by atoms with E-state index in [1.807, 2.05) is 27.7 Å². The number of esters is 2. The number of aliphatic hydroxyl groups excluding tert-OH is 3. The number of hydrogen-bond donors (Lipinski definition) is 3. The maximum atomic E-state index is 14.1. The zero-order valence-electron chi connectivity index (χ0n) is 21.5. The Kier molecular flexibility index (Phi) is 6.65. The molecular formula is C26H40O9. The Morgan fingerprint density at radius 1 is 1.00 bits per heavy atom. The first kappa shape index (κ1) is 26.5. The van der Waals surface area contributed by atoms with Gasteiger partial charge in [-0.05, 0) is 25.7 Å². The molecule has 0 saturated heterocycles. The highest BCUT2D eigenvalue weighted by molar-refractivity contribution is 5.92. The Labute approximate surface area is 206 Å². The van der Waals surface area contributed by atoms with Crippen molar-refractivity contribution in [3.63, 3.8) is 0 Å². The number of ether oxygens (including phenoxy) is 3. The zero-order chi connectivity index (χ0) is 26.1. The molecule has 4 aliphatic carbocycles. The van der Waals surface area contributed by atoms with Gasteiger partial charge in [0.25, 0.3) is 0 Å². The number of Topliss-reactive ketones (excluding diaryl/α,β-unsaturated/α-hetero) is 1. The van der Waals surface area contributed by atoms with Gasteiger partial charge in [-0.15, -0.1) is 0 Å². The predicted molar refractivity (Wildman–Crippen MR) is 123 cm³/mol. The topological polar surface area (TPSA) is 140 Å². The van der Waals surface area contributed by atoms with Crippen molar-refractivity contribution >= 4 is 17.7 Å². The van der Waals surface area contributed by atoms with Crippen molar-refractivity contribution in [2.45, 2.75) is 91.3 Å². The Hall–Kier alpha value is -1.55. The minimum atomic E-state index is -1.38. The fourth-order valence-electron chi connectivity index (χ4n) is 8.78. The van der Waals surface area contributed by atoms with E-state index in [9.17, 15) is 29.7 Å². The summed E-state index contributed by atoms with van der Waals surface area (Å²) in [7, 11) is 0. The van der Waals surface area contributed by atoms with Crippen molar-refractivity contribution < 1.29 is 43.9 Å². The van der Waals surface area contributed by atoms with E-state index in [1.165, 1.54) is 13.8 Å². The third kappa shape index (κ3) is 3.60. The fraction of sp³-hybridized carbons (Fsp3) is 0.885. The Morgan fingerprint density at radius 2 is 1.63 bits per heavy atom. The summed E-state index contributed by atoms with van der Waals surface area (Å²) < 4.78 is 17.0. The van der Waals surface area contributed by atoms with Crippen LogP contribution in [0.3, 0.4) is 0 Å². The van der Waals surface area contributed by atoms with Crippen molar-refractivity contribution in [3.05, 3.63) is 0 Å². The molecule has 4 rings (SSSR count). The largest absolute Gasteiger partial charge is 0.462 e. The van der Waals surface area contributed by atoms with Gasteiger partial charge in [0.2, 0.25) is 0 Å². The van der Waals surface area contributed by atoms with Gasteiger partial charge in [-0.2, -0.15) is 0 Å². The minimum Gasteiger partial charge on any atom is -0.462 e. The summed E-state index contributed by atoms with van der Waals surface area (Å²) in [5.74, 6) is -3.40. The highest BCUT2D eigenvalue weighted by Crippen LogP contribution is 2.71. The lowest BCUT2D eigenvalue weighted by molar-refractivity contribution is -0.306. The molecule has 11 atom stereocenters. The van der Waals surface area contributed by atoms with E-state index in [1.54, 1.807) is 0 Å². The molecule has 9 nitrogen and oxygen atoms in total. The lowest BCUT2D eigenvalue weighted by Crippen LogP contribution is -2.76. The van der Waals surface area contributed by atoms with Gasteiger partial charge in [0.1, 0.15) is 24.1 Å². The molecule has 3 N–H and O–H groups in total. The van der Waals surface area contributed by atoms with Crippen LogP contribution in [0.4, 0.5) is 0 Å². The van der Waals surface area contributed by atoms with Crippen LogP contribution in [0.2, 0.25) is 0 Å². The third-order valence-corrected chi connectivity index (χ3v) is 9.85. The van der Waals surface area contributed by atoms with E-state index in [-0.39, 0.29) is 24.7 Å². The van der Waals surface area contributed by atoms with Gasteiger partial charge in [-0.3, -0.25) is 14.4 Å². The van der Waals surface area contributed by atoms with Crippen LogP contribution in [-0.4, -0.2) is 76.8 Å². The van der Waals surface area contributed by atoms with Crippen LogP contribution in [0.5, 0.6) is 0 Å². The summed E-state index contributed by atoms with van der Waals surface area (Å²) in [5.41, 5.74) is -3.31. The molecule has 0 heterocycles. The number of carbonyl (C=O) groups is 3. The van der Waals surface area contributed by atoms with Crippen LogP contribution in [0.15, 0.2) is 0 Å². The normalized spacial score (nSPS) is 48.0. The molecule has 35 heavy (non-hydrogen) atoms. The number of carbonyl (C=O) groups excluding carboxylic acids is 3. The van der Waals surface area contributed by atoms with Gasteiger partial charge in [0.05, 0.1) is 24.2 Å². The summed E-state index contributed by atoms with van der Waals surface area (Å²) >= 11 is 0. The molecule has 4 aliphatic rings. The van der Waals surface area contributed by atoms with Gasteiger partial charge < -0.3 is 29.5 Å². The molecule has 0 unspecified atom stereocenters. The Morgan fingerprint density at radius 3 is 2.20 bits per heavy atom. The average molecular weight is 497 g/mol. The fourth-order valence-corrected chi connectivity index (χ4v) is 8.78. The summed E-state index contributed by atoms with van der Waals surface area (Å²) in [6.45, 7) is 10.6. The first-order valence-electron chi connectivity index (χ1n) is 12.7. The molecule has 0 aromatic heterocycles. The van der Waals surface area contributed by atoms with E-state index in [0.717, 1.165) is 0 Å². The molecule has 2 bridgehead atoms. The first-order chi connectivity index (χ1) is 16.2. The molecule has 0 radical (unpaired) electrons. The first-order valence-corrected chi connectivity index (χ1v) is 12.7. The molecule has 0 aromatic rings. The Balaban J connectivity index is 1.90. The quantitative estimate of drug-likeness (QED) is 0.480. The third-order valence-electron chi connectivity index (χ3n) is 9.85. The Bertz CT molecular complexity index is 886. The molecule has 0 aromatic carbocycles. The molecule has 198 valence electrons. The van der Waals surface area contributed by atoms with Crippen LogP contribution in [0, 0.1) is 39.9 Å². The summed E-state index contributed by atoms with van der Waals surface area (Å²) in [5, 5.41) is 35.1. The van der Waals surface area contributed by atoms with E-state index >= 15 is 0 Å². The van der Waals surface area contributed by atoms with Crippen LogP contribution in [-0.2, 0) is 28.6 Å². The molecular weight excluding hydrogens is 456 g/mol. The zero-order valence-corrected chi connectivity index (χ0v) is 21.5. The van der Waals surface area contributed by atoms with Crippen LogP contribution < -0.4 is 0 Å². The molecule has 1 spiro atoms. The van der Waals surface area contributed by atoms with E-state index < -0.39 is 76.5 Å². The number of ketones is 1.